The van der Waals surface area contributed by atoms with E-state index in [4.69, 9.17) is 0 Å². The first-order chi connectivity index (χ1) is 7.48. The van der Waals surface area contributed by atoms with Gasteiger partial charge in [-0.05, 0) is 20.8 Å². The van der Waals surface area contributed by atoms with Gasteiger partial charge in [-0.25, -0.2) is 4.98 Å². The first-order valence-electron chi connectivity index (χ1n) is 4.95. The van der Waals surface area contributed by atoms with E-state index >= 15 is 0 Å². The zero-order valence-electron chi connectivity index (χ0n) is 9.43. The van der Waals surface area contributed by atoms with Gasteiger partial charge in [0, 0.05) is 12.4 Å². The Kier molecular flexibility index (Phi) is 2.73. The number of aromatic nitrogens is 3. The molecule has 0 atom stereocenters. The van der Waals surface area contributed by atoms with Crippen LogP contribution in [0.1, 0.15) is 24.4 Å². The predicted octanol–water partition coefficient (Wildman–Crippen LogP) is 2.14. The maximum Gasteiger partial charge on any atom is 0.144 e. The molecule has 1 N–H and O–H groups in total. The normalized spacial score (nSPS) is 11.8. The smallest absolute Gasteiger partial charge is 0.144 e. The van der Waals surface area contributed by atoms with Gasteiger partial charge in [-0.1, -0.05) is 0 Å². The van der Waals surface area contributed by atoms with Gasteiger partial charge in [0.15, 0.2) is 0 Å². The molecule has 0 aliphatic heterocycles. The minimum atomic E-state index is -0.859. The quantitative estimate of drug-likeness (QED) is 0.866. The summed E-state index contributed by atoms with van der Waals surface area (Å²) in [6.45, 7) is 5.41. The second kappa shape index (κ2) is 3.92. The third-order valence-corrected chi connectivity index (χ3v) is 3.63. The molecule has 0 aliphatic carbocycles. The lowest BCUT2D eigenvalue weighted by atomic mass is 10.1. The zero-order valence-corrected chi connectivity index (χ0v) is 10.2. The Morgan fingerprint density at radius 2 is 2.06 bits per heavy atom. The molecule has 0 radical (unpaired) electrons. The van der Waals surface area contributed by atoms with Gasteiger partial charge in [-0.15, -0.1) is 11.3 Å². The highest BCUT2D eigenvalue weighted by Crippen LogP contribution is 2.33. The van der Waals surface area contributed by atoms with Crippen molar-refractivity contribution in [1.29, 1.82) is 0 Å². The summed E-state index contributed by atoms with van der Waals surface area (Å²) in [5.74, 6) is 0. The van der Waals surface area contributed by atoms with E-state index in [-0.39, 0.29) is 0 Å². The average molecular weight is 235 g/mol. The zero-order chi connectivity index (χ0) is 11.8. The Bertz CT molecular complexity index is 488. The highest BCUT2D eigenvalue weighted by atomic mass is 32.1. The van der Waals surface area contributed by atoms with Gasteiger partial charge in [-0.2, -0.15) is 0 Å². The maximum absolute atomic E-state index is 9.96. The lowest BCUT2D eigenvalue weighted by Crippen LogP contribution is -2.14. The average Bonchev–Trinajstić information content (AvgIpc) is 2.61. The molecule has 2 aromatic rings. The van der Waals surface area contributed by atoms with Crippen LogP contribution in [0.5, 0.6) is 0 Å². The largest absolute Gasteiger partial charge is 0.385 e. The molecule has 0 saturated carbocycles. The lowest BCUT2D eigenvalue weighted by molar-refractivity contribution is 0.0817. The van der Waals surface area contributed by atoms with Crippen molar-refractivity contribution in [1.82, 2.24) is 15.0 Å². The van der Waals surface area contributed by atoms with E-state index in [9.17, 15) is 5.11 Å². The molecule has 2 rings (SSSR count). The number of nitrogens with zero attached hydrogens (tertiary/aromatic N) is 3. The van der Waals surface area contributed by atoms with Gasteiger partial charge in [-0.3, -0.25) is 9.97 Å². The fraction of sp³-hybridized carbons (Fsp3) is 0.364. The van der Waals surface area contributed by atoms with Crippen LogP contribution < -0.4 is 0 Å². The predicted molar refractivity (Wildman–Crippen MR) is 63.1 cm³/mol. The molecule has 5 heteroatoms. The van der Waals surface area contributed by atoms with E-state index in [0.717, 1.165) is 21.3 Å². The van der Waals surface area contributed by atoms with E-state index in [1.807, 2.05) is 6.92 Å². The van der Waals surface area contributed by atoms with Gasteiger partial charge in [0.05, 0.1) is 22.4 Å². The molecule has 2 aromatic heterocycles. The van der Waals surface area contributed by atoms with Crippen molar-refractivity contribution in [2.45, 2.75) is 26.4 Å². The molecule has 0 aromatic carbocycles. The highest BCUT2D eigenvalue weighted by Gasteiger charge is 2.23. The molecule has 0 aliphatic rings. The highest BCUT2D eigenvalue weighted by molar-refractivity contribution is 7.15. The van der Waals surface area contributed by atoms with Crippen LogP contribution in [0.15, 0.2) is 18.6 Å². The Balaban J connectivity index is 2.47. The summed E-state index contributed by atoms with van der Waals surface area (Å²) in [7, 11) is 0. The van der Waals surface area contributed by atoms with Crippen LogP contribution >= 0.6 is 11.3 Å². The molecule has 4 nitrogen and oxygen atoms in total. The monoisotopic (exact) mass is 235 g/mol. The molecular weight excluding hydrogens is 222 g/mol. The molecule has 16 heavy (non-hydrogen) atoms. The lowest BCUT2D eigenvalue weighted by Gasteiger charge is -2.14. The summed E-state index contributed by atoms with van der Waals surface area (Å²) < 4.78 is 0. The molecule has 0 amide bonds. The third-order valence-electron chi connectivity index (χ3n) is 2.13. The molecule has 2 heterocycles. The molecular formula is C11H13N3OS. The fourth-order valence-electron chi connectivity index (χ4n) is 1.48. The Labute approximate surface area is 98.0 Å². The van der Waals surface area contributed by atoms with Crippen LogP contribution in [0, 0.1) is 6.92 Å². The Morgan fingerprint density at radius 1 is 1.31 bits per heavy atom. The molecule has 0 fully saturated rings. The molecule has 0 spiro atoms. The van der Waals surface area contributed by atoms with E-state index in [0.29, 0.717) is 0 Å². The van der Waals surface area contributed by atoms with E-state index in [1.54, 1.807) is 32.4 Å². The molecule has 84 valence electrons. The van der Waals surface area contributed by atoms with Crippen LogP contribution in [0.4, 0.5) is 0 Å². The van der Waals surface area contributed by atoms with Gasteiger partial charge >= 0.3 is 0 Å². The van der Waals surface area contributed by atoms with Crippen molar-refractivity contribution >= 4 is 11.3 Å². The van der Waals surface area contributed by atoms with E-state index in [1.165, 1.54) is 11.3 Å². The summed E-state index contributed by atoms with van der Waals surface area (Å²) in [6, 6.07) is 0. The number of hydrogen-bond acceptors (Lipinski definition) is 5. The Morgan fingerprint density at radius 3 is 2.56 bits per heavy atom. The van der Waals surface area contributed by atoms with Crippen molar-refractivity contribution in [2.75, 3.05) is 0 Å². The molecule has 0 saturated heterocycles. The second-order valence-corrected chi connectivity index (χ2v) is 5.08. The van der Waals surface area contributed by atoms with Crippen molar-refractivity contribution in [2.24, 2.45) is 0 Å². The summed E-state index contributed by atoms with van der Waals surface area (Å²) in [5.41, 5.74) is 0.728. The van der Waals surface area contributed by atoms with Crippen LogP contribution in [-0.2, 0) is 5.60 Å². The van der Waals surface area contributed by atoms with Crippen LogP contribution in [0.25, 0.3) is 10.7 Å². The first-order valence-corrected chi connectivity index (χ1v) is 5.77. The second-order valence-electron chi connectivity index (χ2n) is 4.08. The number of thiazole rings is 1. The van der Waals surface area contributed by atoms with Crippen molar-refractivity contribution in [3.05, 3.63) is 29.2 Å². The standard InChI is InChI=1S/C11H13N3OS/c1-7-9(11(2,3)15)16-10(14-7)8-6-12-4-5-13-8/h4-6,15H,1-3H3. The summed E-state index contributed by atoms with van der Waals surface area (Å²) in [4.78, 5) is 13.5. The van der Waals surface area contributed by atoms with Crippen molar-refractivity contribution < 1.29 is 5.11 Å². The number of hydrogen-bond donors (Lipinski definition) is 1. The minimum Gasteiger partial charge on any atom is -0.385 e. The van der Waals surface area contributed by atoms with Gasteiger partial charge in [0.2, 0.25) is 0 Å². The van der Waals surface area contributed by atoms with Crippen molar-refractivity contribution in [3.8, 4) is 10.7 Å². The molecule has 0 bridgehead atoms. The van der Waals surface area contributed by atoms with Crippen molar-refractivity contribution in [3.63, 3.8) is 0 Å². The third kappa shape index (κ3) is 2.10. The number of aliphatic hydroxyl groups is 1. The SMILES string of the molecule is Cc1nc(-c2cnccn2)sc1C(C)(C)O. The minimum absolute atomic E-state index is 0.742. The molecule has 0 unspecified atom stereocenters. The van der Waals surface area contributed by atoms with E-state index in [2.05, 4.69) is 15.0 Å². The van der Waals surface area contributed by atoms with Crippen LogP contribution in [0.2, 0.25) is 0 Å². The van der Waals surface area contributed by atoms with Gasteiger partial charge < -0.3 is 5.11 Å². The van der Waals surface area contributed by atoms with Crippen LogP contribution in [0.3, 0.4) is 0 Å². The summed E-state index contributed by atoms with van der Waals surface area (Å²) in [5, 5.41) is 10.8. The summed E-state index contributed by atoms with van der Waals surface area (Å²) >= 11 is 1.46. The number of aryl methyl sites for hydroxylation is 1. The summed E-state index contributed by atoms with van der Waals surface area (Å²) in [6.07, 6.45) is 4.93. The van der Waals surface area contributed by atoms with Gasteiger partial charge in [0.1, 0.15) is 10.7 Å². The Hall–Kier alpha value is -1.33. The first kappa shape index (κ1) is 11.2. The van der Waals surface area contributed by atoms with Crippen LogP contribution in [-0.4, -0.2) is 20.1 Å². The fourth-order valence-corrected chi connectivity index (χ4v) is 2.51. The number of rotatable bonds is 2. The maximum atomic E-state index is 9.96. The van der Waals surface area contributed by atoms with Gasteiger partial charge in [0.25, 0.3) is 0 Å². The topological polar surface area (TPSA) is 58.9 Å². The van der Waals surface area contributed by atoms with E-state index < -0.39 is 5.60 Å².